The number of hydrogen-bond acceptors (Lipinski definition) is 4. The SMILES string of the molecule is CSCCCNC(=O)C1CCC(CNC(=O)c2ccncc2)CC1. The van der Waals surface area contributed by atoms with Crippen molar-refractivity contribution in [2.24, 2.45) is 11.8 Å². The molecular formula is C18H27N3O2S. The fourth-order valence-electron chi connectivity index (χ4n) is 3.04. The highest BCUT2D eigenvalue weighted by molar-refractivity contribution is 7.98. The molecule has 0 spiro atoms. The Morgan fingerprint density at radius 3 is 2.54 bits per heavy atom. The Bertz CT molecular complexity index is 516. The molecule has 0 aromatic carbocycles. The smallest absolute Gasteiger partial charge is 0.251 e. The van der Waals surface area contributed by atoms with Crippen molar-refractivity contribution >= 4 is 23.6 Å². The minimum atomic E-state index is -0.0499. The Hall–Kier alpha value is -1.56. The zero-order chi connectivity index (χ0) is 17.2. The van der Waals surface area contributed by atoms with Gasteiger partial charge in [0.2, 0.25) is 5.91 Å². The number of pyridine rings is 1. The average molecular weight is 350 g/mol. The van der Waals surface area contributed by atoms with Gasteiger partial charge in [0.15, 0.2) is 0 Å². The number of nitrogens with one attached hydrogen (secondary N) is 2. The number of thioether (sulfide) groups is 1. The minimum absolute atomic E-state index is 0.0499. The molecule has 0 atom stereocenters. The first-order valence-electron chi connectivity index (χ1n) is 8.65. The monoisotopic (exact) mass is 349 g/mol. The van der Waals surface area contributed by atoms with Crippen LogP contribution in [-0.4, -0.2) is 41.9 Å². The maximum atomic E-state index is 12.1. The van der Waals surface area contributed by atoms with Gasteiger partial charge in [-0.2, -0.15) is 11.8 Å². The number of aromatic nitrogens is 1. The van der Waals surface area contributed by atoms with E-state index in [0.29, 0.717) is 18.0 Å². The molecule has 1 aromatic heterocycles. The second kappa shape index (κ2) is 10.3. The Labute approximate surface area is 148 Å². The van der Waals surface area contributed by atoms with Crippen LogP contribution in [0.25, 0.3) is 0 Å². The Balaban J connectivity index is 1.64. The maximum Gasteiger partial charge on any atom is 0.251 e. The second-order valence-electron chi connectivity index (χ2n) is 6.30. The van der Waals surface area contributed by atoms with Crippen molar-refractivity contribution in [3.63, 3.8) is 0 Å². The highest BCUT2D eigenvalue weighted by Gasteiger charge is 2.26. The van der Waals surface area contributed by atoms with Crippen molar-refractivity contribution in [2.75, 3.05) is 25.1 Å². The van der Waals surface area contributed by atoms with E-state index in [9.17, 15) is 9.59 Å². The Morgan fingerprint density at radius 1 is 1.17 bits per heavy atom. The van der Waals surface area contributed by atoms with E-state index in [4.69, 9.17) is 0 Å². The molecule has 6 heteroatoms. The molecule has 0 aliphatic heterocycles. The van der Waals surface area contributed by atoms with Gasteiger partial charge in [0, 0.05) is 37.0 Å². The van der Waals surface area contributed by atoms with E-state index in [1.165, 1.54) is 0 Å². The summed E-state index contributed by atoms with van der Waals surface area (Å²) in [5.74, 6) is 1.86. The Kier molecular flexibility index (Phi) is 8.08. The van der Waals surface area contributed by atoms with E-state index in [1.54, 1.807) is 36.3 Å². The molecule has 1 heterocycles. The lowest BCUT2D eigenvalue weighted by Gasteiger charge is -2.28. The molecule has 0 unspecified atom stereocenters. The first-order valence-corrected chi connectivity index (χ1v) is 10.0. The van der Waals surface area contributed by atoms with Crippen LogP contribution in [-0.2, 0) is 4.79 Å². The van der Waals surface area contributed by atoms with Gasteiger partial charge in [-0.3, -0.25) is 14.6 Å². The third-order valence-corrected chi connectivity index (χ3v) is 5.23. The lowest BCUT2D eigenvalue weighted by Crippen LogP contribution is -2.36. The van der Waals surface area contributed by atoms with E-state index in [-0.39, 0.29) is 17.7 Å². The van der Waals surface area contributed by atoms with E-state index >= 15 is 0 Å². The van der Waals surface area contributed by atoms with Crippen molar-refractivity contribution in [1.82, 2.24) is 15.6 Å². The molecule has 2 N–H and O–H groups in total. The number of amides is 2. The first-order chi connectivity index (χ1) is 11.7. The van der Waals surface area contributed by atoms with Gasteiger partial charge in [0.25, 0.3) is 5.91 Å². The van der Waals surface area contributed by atoms with Crippen LogP contribution in [0.15, 0.2) is 24.5 Å². The largest absolute Gasteiger partial charge is 0.356 e. The predicted octanol–water partition coefficient (Wildman–Crippen LogP) is 2.49. The number of carbonyl (C=O) groups is 2. The van der Waals surface area contributed by atoms with Gasteiger partial charge in [-0.1, -0.05) is 0 Å². The number of carbonyl (C=O) groups excluding carboxylic acids is 2. The third kappa shape index (κ3) is 6.15. The second-order valence-corrected chi connectivity index (χ2v) is 7.29. The summed E-state index contributed by atoms with van der Waals surface area (Å²) in [6.07, 6.45) is 10.2. The van der Waals surface area contributed by atoms with Crippen molar-refractivity contribution in [1.29, 1.82) is 0 Å². The number of rotatable bonds is 8. The highest BCUT2D eigenvalue weighted by atomic mass is 32.2. The van der Waals surface area contributed by atoms with E-state index < -0.39 is 0 Å². The van der Waals surface area contributed by atoms with Crippen LogP contribution < -0.4 is 10.6 Å². The summed E-state index contributed by atoms with van der Waals surface area (Å²) in [4.78, 5) is 28.1. The summed E-state index contributed by atoms with van der Waals surface area (Å²) in [5, 5.41) is 6.04. The summed E-state index contributed by atoms with van der Waals surface area (Å²) < 4.78 is 0. The standard InChI is InChI=1S/C18H27N3O2S/c1-24-12-2-9-20-17(22)15-5-3-14(4-6-15)13-21-18(23)16-7-10-19-11-8-16/h7-8,10-11,14-15H,2-6,9,12-13H2,1H3,(H,20,22)(H,21,23). The fourth-order valence-corrected chi connectivity index (χ4v) is 3.48. The molecular weight excluding hydrogens is 322 g/mol. The topological polar surface area (TPSA) is 71.1 Å². The number of hydrogen-bond donors (Lipinski definition) is 2. The summed E-state index contributed by atoms with van der Waals surface area (Å²) in [6, 6.07) is 3.43. The van der Waals surface area contributed by atoms with E-state index in [1.807, 2.05) is 0 Å². The van der Waals surface area contributed by atoms with E-state index in [0.717, 1.165) is 44.4 Å². The first kappa shape index (κ1) is 18.8. The molecule has 0 bridgehead atoms. The van der Waals surface area contributed by atoms with Crippen LogP contribution in [0.1, 0.15) is 42.5 Å². The van der Waals surface area contributed by atoms with Crippen molar-refractivity contribution in [3.05, 3.63) is 30.1 Å². The van der Waals surface area contributed by atoms with Crippen LogP contribution in [0.2, 0.25) is 0 Å². The van der Waals surface area contributed by atoms with Crippen LogP contribution >= 0.6 is 11.8 Å². The molecule has 1 fully saturated rings. The highest BCUT2D eigenvalue weighted by Crippen LogP contribution is 2.28. The van der Waals surface area contributed by atoms with Crippen LogP contribution in [0.3, 0.4) is 0 Å². The zero-order valence-corrected chi connectivity index (χ0v) is 15.1. The molecule has 2 amide bonds. The van der Waals surface area contributed by atoms with Gasteiger partial charge in [-0.25, -0.2) is 0 Å². The van der Waals surface area contributed by atoms with Gasteiger partial charge >= 0.3 is 0 Å². The average Bonchev–Trinajstić information content (AvgIpc) is 2.64. The summed E-state index contributed by atoms with van der Waals surface area (Å²) in [7, 11) is 0. The van der Waals surface area contributed by atoms with E-state index in [2.05, 4.69) is 21.9 Å². The van der Waals surface area contributed by atoms with Gasteiger partial charge in [0.05, 0.1) is 0 Å². The molecule has 5 nitrogen and oxygen atoms in total. The minimum Gasteiger partial charge on any atom is -0.356 e. The molecule has 2 rings (SSSR count). The predicted molar refractivity (Wildman–Crippen MR) is 98.0 cm³/mol. The molecule has 0 saturated heterocycles. The molecule has 132 valence electrons. The van der Waals surface area contributed by atoms with Gasteiger partial charge in [-0.15, -0.1) is 0 Å². The maximum absolute atomic E-state index is 12.1. The molecule has 1 saturated carbocycles. The molecule has 1 aliphatic rings. The van der Waals surface area contributed by atoms with Crippen LogP contribution in [0.5, 0.6) is 0 Å². The summed E-state index contributed by atoms with van der Waals surface area (Å²) in [6.45, 7) is 1.46. The molecule has 1 aliphatic carbocycles. The molecule has 1 aromatic rings. The molecule has 0 radical (unpaired) electrons. The van der Waals surface area contributed by atoms with Crippen molar-refractivity contribution in [3.8, 4) is 0 Å². The van der Waals surface area contributed by atoms with Gasteiger partial charge < -0.3 is 10.6 Å². The Morgan fingerprint density at radius 2 is 1.88 bits per heavy atom. The third-order valence-electron chi connectivity index (χ3n) is 4.54. The van der Waals surface area contributed by atoms with Crippen molar-refractivity contribution < 1.29 is 9.59 Å². The van der Waals surface area contributed by atoms with Gasteiger partial charge in [0.1, 0.15) is 0 Å². The molecule has 24 heavy (non-hydrogen) atoms. The zero-order valence-electron chi connectivity index (χ0n) is 14.3. The quantitative estimate of drug-likeness (QED) is 0.708. The normalized spacial score (nSPS) is 20.4. The lowest BCUT2D eigenvalue weighted by molar-refractivity contribution is -0.126. The van der Waals surface area contributed by atoms with Gasteiger partial charge in [-0.05, 0) is 62.2 Å². The fraction of sp³-hybridized carbons (Fsp3) is 0.611. The van der Waals surface area contributed by atoms with Crippen molar-refractivity contribution in [2.45, 2.75) is 32.1 Å². The summed E-state index contributed by atoms with van der Waals surface area (Å²) in [5.41, 5.74) is 0.642. The van der Waals surface area contributed by atoms with Crippen LogP contribution in [0, 0.1) is 11.8 Å². The summed E-state index contributed by atoms with van der Waals surface area (Å²) >= 11 is 1.81. The number of nitrogens with zero attached hydrogens (tertiary/aromatic N) is 1. The van der Waals surface area contributed by atoms with Crippen LogP contribution in [0.4, 0.5) is 0 Å². The lowest BCUT2D eigenvalue weighted by atomic mass is 9.81.